The van der Waals surface area contributed by atoms with E-state index in [4.69, 9.17) is 10.5 Å². The van der Waals surface area contributed by atoms with E-state index in [2.05, 4.69) is 6.92 Å². The van der Waals surface area contributed by atoms with Crippen molar-refractivity contribution in [2.45, 2.75) is 45.8 Å². The van der Waals surface area contributed by atoms with Gasteiger partial charge in [-0.15, -0.1) is 0 Å². The summed E-state index contributed by atoms with van der Waals surface area (Å²) in [6.45, 7) is 7.19. The Kier molecular flexibility index (Phi) is 6.02. The van der Waals surface area contributed by atoms with Crippen LogP contribution in [0.5, 0.6) is 0 Å². The molecule has 0 aliphatic carbocycles. The molecule has 0 saturated carbocycles. The molecule has 2 N–H and O–H groups in total. The molecule has 0 bridgehead atoms. The van der Waals surface area contributed by atoms with Gasteiger partial charge in [0.25, 0.3) is 0 Å². The van der Waals surface area contributed by atoms with Crippen molar-refractivity contribution in [3.63, 3.8) is 0 Å². The quantitative estimate of drug-likeness (QED) is 0.780. The lowest BCUT2D eigenvalue weighted by Gasteiger charge is -2.28. The highest BCUT2D eigenvalue weighted by Crippen LogP contribution is 2.18. The number of para-hydroxylation sites is 1. The van der Waals surface area contributed by atoms with Gasteiger partial charge in [0, 0.05) is 25.9 Å². The minimum atomic E-state index is -0.439. The molecule has 4 heteroatoms. The van der Waals surface area contributed by atoms with Crippen LogP contribution in [0.2, 0.25) is 0 Å². The van der Waals surface area contributed by atoms with Crippen LogP contribution in [0.1, 0.15) is 39.2 Å². The molecule has 1 amide bonds. The van der Waals surface area contributed by atoms with E-state index < -0.39 is 5.60 Å². The number of carbonyl (C=O) groups is 1. The second kappa shape index (κ2) is 7.29. The van der Waals surface area contributed by atoms with Gasteiger partial charge >= 0.3 is 0 Å². The van der Waals surface area contributed by atoms with Crippen molar-refractivity contribution in [1.29, 1.82) is 0 Å². The summed E-state index contributed by atoms with van der Waals surface area (Å²) in [5.74, 6) is 0.0990. The summed E-state index contributed by atoms with van der Waals surface area (Å²) in [4.78, 5) is 14.3. The maximum absolute atomic E-state index is 12.4. The summed E-state index contributed by atoms with van der Waals surface area (Å²) in [5.41, 5.74) is 7.24. The van der Waals surface area contributed by atoms with Crippen LogP contribution in [0.4, 0.5) is 5.69 Å². The highest BCUT2D eigenvalue weighted by molar-refractivity contribution is 5.77. The van der Waals surface area contributed by atoms with Gasteiger partial charge in [-0.25, -0.2) is 0 Å². The smallest absolute Gasteiger partial charge is 0.225 e. The number of hydrogen-bond donors (Lipinski definition) is 1. The Labute approximate surface area is 121 Å². The lowest BCUT2D eigenvalue weighted by Crippen LogP contribution is -2.37. The molecule has 0 fully saturated rings. The van der Waals surface area contributed by atoms with E-state index in [9.17, 15) is 4.79 Å². The van der Waals surface area contributed by atoms with E-state index in [1.54, 1.807) is 7.11 Å². The zero-order chi connectivity index (χ0) is 15.2. The molecule has 1 aromatic carbocycles. The topological polar surface area (TPSA) is 55.6 Å². The van der Waals surface area contributed by atoms with Gasteiger partial charge in [0.1, 0.15) is 0 Å². The largest absolute Gasteiger partial charge is 0.398 e. The molecule has 112 valence electrons. The van der Waals surface area contributed by atoms with Crippen LogP contribution in [-0.4, -0.2) is 30.1 Å². The van der Waals surface area contributed by atoms with E-state index in [0.717, 1.165) is 24.2 Å². The van der Waals surface area contributed by atoms with Crippen LogP contribution in [0.3, 0.4) is 0 Å². The molecule has 0 saturated heterocycles. The van der Waals surface area contributed by atoms with Crippen molar-refractivity contribution in [3.8, 4) is 0 Å². The first-order valence-corrected chi connectivity index (χ1v) is 7.06. The molecule has 0 atom stereocenters. The highest BCUT2D eigenvalue weighted by atomic mass is 16.5. The Balaban J connectivity index is 2.79. The lowest BCUT2D eigenvalue weighted by molar-refractivity contribution is -0.137. The van der Waals surface area contributed by atoms with Gasteiger partial charge in [0.15, 0.2) is 0 Å². The standard InChI is InChI=1S/C16H26N2O2/c1-5-10-18(15(19)11-16(2,3)20-4)12-13-8-6-7-9-14(13)17/h6-9H,5,10-12,17H2,1-4H3. The average molecular weight is 278 g/mol. The maximum atomic E-state index is 12.4. The predicted molar refractivity (Wildman–Crippen MR) is 82.3 cm³/mol. The molecular weight excluding hydrogens is 252 g/mol. The van der Waals surface area contributed by atoms with Crippen LogP contribution in [0.25, 0.3) is 0 Å². The minimum Gasteiger partial charge on any atom is -0.398 e. The number of amides is 1. The molecule has 0 spiro atoms. The van der Waals surface area contributed by atoms with Crippen LogP contribution in [0.15, 0.2) is 24.3 Å². The number of hydrogen-bond acceptors (Lipinski definition) is 3. The van der Waals surface area contributed by atoms with Crippen molar-refractivity contribution in [2.75, 3.05) is 19.4 Å². The third kappa shape index (κ3) is 4.85. The molecule has 0 aliphatic heterocycles. The highest BCUT2D eigenvalue weighted by Gasteiger charge is 2.24. The number of carbonyl (C=O) groups excluding carboxylic acids is 1. The van der Waals surface area contributed by atoms with Crippen LogP contribution in [0, 0.1) is 0 Å². The third-order valence-corrected chi connectivity index (χ3v) is 3.39. The van der Waals surface area contributed by atoms with Crippen LogP contribution in [-0.2, 0) is 16.1 Å². The normalized spacial score (nSPS) is 11.4. The first-order chi connectivity index (χ1) is 9.39. The Morgan fingerprint density at radius 3 is 2.55 bits per heavy atom. The summed E-state index contributed by atoms with van der Waals surface area (Å²) < 4.78 is 5.34. The molecule has 0 radical (unpaired) electrons. The molecule has 0 unspecified atom stereocenters. The maximum Gasteiger partial charge on any atom is 0.225 e. The van der Waals surface area contributed by atoms with Crippen LogP contribution >= 0.6 is 0 Å². The first kappa shape index (κ1) is 16.5. The summed E-state index contributed by atoms with van der Waals surface area (Å²) in [5, 5.41) is 0. The number of ether oxygens (including phenoxy) is 1. The predicted octanol–water partition coefficient (Wildman–Crippen LogP) is 2.82. The van der Waals surface area contributed by atoms with Crippen molar-refractivity contribution in [1.82, 2.24) is 4.90 Å². The number of rotatable bonds is 7. The van der Waals surface area contributed by atoms with Gasteiger partial charge in [0.05, 0.1) is 12.0 Å². The fourth-order valence-corrected chi connectivity index (χ4v) is 1.99. The Morgan fingerprint density at radius 1 is 1.35 bits per heavy atom. The second-order valence-corrected chi connectivity index (χ2v) is 5.65. The summed E-state index contributed by atoms with van der Waals surface area (Å²) in [6.07, 6.45) is 1.29. The molecule has 0 heterocycles. The van der Waals surface area contributed by atoms with Gasteiger partial charge in [-0.05, 0) is 31.9 Å². The summed E-state index contributed by atoms with van der Waals surface area (Å²) >= 11 is 0. The average Bonchev–Trinajstić information content (AvgIpc) is 2.40. The molecule has 0 aliphatic rings. The Hall–Kier alpha value is -1.55. The summed E-state index contributed by atoms with van der Waals surface area (Å²) in [6, 6.07) is 7.67. The Morgan fingerprint density at radius 2 is 2.00 bits per heavy atom. The zero-order valence-electron chi connectivity index (χ0n) is 13.0. The molecule has 1 aromatic rings. The fraction of sp³-hybridized carbons (Fsp3) is 0.562. The van der Waals surface area contributed by atoms with E-state index in [1.165, 1.54) is 0 Å². The van der Waals surface area contributed by atoms with Gasteiger partial charge in [-0.1, -0.05) is 25.1 Å². The van der Waals surface area contributed by atoms with E-state index in [-0.39, 0.29) is 5.91 Å². The number of methoxy groups -OCH3 is 1. The number of anilines is 1. The molecule has 1 rings (SSSR count). The number of nitrogens with two attached hydrogens (primary N) is 1. The number of nitrogen functional groups attached to an aromatic ring is 1. The van der Waals surface area contributed by atoms with E-state index in [0.29, 0.717) is 13.0 Å². The fourth-order valence-electron chi connectivity index (χ4n) is 1.99. The van der Waals surface area contributed by atoms with Gasteiger partial charge in [-0.2, -0.15) is 0 Å². The van der Waals surface area contributed by atoms with Crippen molar-refractivity contribution >= 4 is 11.6 Å². The van der Waals surface area contributed by atoms with E-state index >= 15 is 0 Å². The monoisotopic (exact) mass is 278 g/mol. The molecule has 20 heavy (non-hydrogen) atoms. The molecular formula is C16H26N2O2. The minimum absolute atomic E-state index is 0.0990. The van der Waals surface area contributed by atoms with E-state index in [1.807, 2.05) is 43.0 Å². The SMILES string of the molecule is CCCN(Cc1ccccc1N)C(=O)CC(C)(C)OC. The van der Waals surface area contributed by atoms with Crippen LogP contribution < -0.4 is 5.73 Å². The third-order valence-electron chi connectivity index (χ3n) is 3.39. The van der Waals surface area contributed by atoms with Gasteiger partial charge in [0.2, 0.25) is 5.91 Å². The van der Waals surface area contributed by atoms with Crippen molar-refractivity contribution in [3.05, 3.63) is 29.8 Å². The van der Waals surface area contributed by atoms with Gasteiger partial charge < -0.3 is 15.4 Å². The lowest BCUT2D eigenvalue weighted by atomic mass is 10.0. The second-order valence-electron chi connectivity index (χ2n) is 5.65. The number of nitrogens with zero attached hydrogens (tertiary/aromatic N) is 1. The van der Waals surface area contributed by atoms with Crippen molar-refractivity contribution in [2.24, 2.45) is 0 Å². The molecule has 0 aromatic heterocycles. The first-order valence-electron chi connectivity index (χ1n) is 7.06. The zero-order valence-corrected chi connectivity index (χ0v) is 13.0. The van der Waals surface area contributed by atoms with Crippen molar-refractivity contribution < 1.29 is 9.53 Å². The molecule has 4 nitrogen and oxygen atoms in total. The summed E-state index contributed by atoms with van der Waals surface area (Å²) in [7, 11) is 1.63. The Bertz CT molecular complexity index is 444. The number of benzene rings is 1. The van der Waals surface area contributed by atoms with Gasteiger partial charge in [-0.3, -0.25) is 4.79 Å².